The highest BCUT2D eigenvalue weighted by Gasteiger charge is 2.28. The van der Waals surface area contributed by atoms with Crippen LogP contribution in [-0.4, -0.2) is 20.9 Å². The molecule has 0 aliphatic rings. The molecule has 0 aliphatic carbocycles. The Balaban J connectivity index is 1.90. The fourth-order valence-electron chi connectivity index (χ4n) is 3.73. The predicted octanol–water partition coefficient (Wildman–Crippen LogP) is 5.07. The van der Waals surface area contributed by atoms with Crippen LogP contribution in [0.4, 0.5) is 5.69 Å². The highest BCUT2D eigenvalue weighted by molar-refractivity contribution is 7.92. The highest BCUT2D eigenvalue weighted by atomic mass is 32.2. The molecule has 1 atom stereocenters. The number of nitrogens with one attached hydrogen (secondary N) is 1. The molecule has 0 saturated heterocycles. The van der Waals surface area contributed by atoms with Gasteiger partial charge in [-0.1, -0.05) is 66.6 Å². The molecule has 1 N–H and O–H groups in total. The zero-order valence-corrected chi connectivity index (χ0v) is 19.8. The summed E-state index contributed by atoms with van der Waals surface area (Å²) >= 11 is 0. The third-order valence-corrected chi connectivity index (χ3v) is 7.27. The third kappa shape index (κ3) is 5.37. The second kappa shape index (κ2) is 10.0. The van der Waals surface area contributed by atoms with Crippen LogP contribution in [0.15, 0.2) is 77.7 Å². The van der Waals surface area contributed by atoms with E-state index in [0.717, 1.165) is 22.3 Å². The van der Waals surface area contributed by atoms with Crippen LogP contribution in [0.5, 0.6) is 0 Å². The Morgan fingerprint density at radius 2 is 1.53 bits per heavy atom. The minimum absolute atomic E-state index is 0.148. The average molecular weight is 451 g/mol. The lowest BCUT2D eigenvalue weighted by Crippen LogP contribution is -2.42. The number of rotatable bonds is 8. The predicted molar refractivity (Wildman–Crippen MR) is 129 cm³/mol. The molecule has 1 unspecified atom stereocenters. The van der Waals surface area contributed by atoms with Crippen LogP contribution in [0.3, 0.4) is 0 Å². The van der Waals surface area contributed by atoms with Crippen molar-refractivity contribution in [3.63, 3.8) is 0 Å². The van der Waals surface area contributed by atoms with E-state index < -0.39 is 10.0 Å². The number of amides is 1. The molecular formula is C26H30N2O3S. The van der Waals surface area contributed by atoms with Crippen LogP contribution in [0.25, 0.3) is 0 Å². The van der Waals surface area contributed by atoms with E-state index in [0.29, 0.717) is 12.1 Å². The Morgan fingerprint density at radius 1 is 0.906 bits per heavy atom. The Hall–Kier alpha value is -3.12. The minimum atomic E-state index is -3.91. The van der Waals surface area contributed by atoms with Crippen LogP contribution in [0.2, 0.25) is 0 Å². The van der Waals surface area contributed by atoms with Crippen molar-refractivity contribution in [1.82, 2.24) is 5.32 Å². The summed E-state index contributed by atoms with van der Waals surface area (Å²) in [5.74, 6) is -0.350. The first-order chi connectivity index (χ1) is 15.2. The van der Waals surface area contributed by atoms with E-state index in [1.807, 2.05) is 52.0 Å². The largest absolute Gasteiger partial charge is 0.348 e. The Bertz CT molecular complexity index is 1170. The van der Waals surface area contributed by atoms with Gasteiger partial charge in [-0.25, -0.2) is 8.42 Å². The van der Waals surface area contributed by atoms with Crippen molar-refractivity contribution in [1.29, 1.82) is 0 Å². The molecule has 0 heterocycles. The highest BCUT2D eigenvalue weighted by Crippen LogP contribution is 2.25. The number of carbonyl (C=O) groups excluding carboxylic acids is 1. The van der Waals surface area contributed by atoms with Crippen LogP contribution in [-0.2, 0) is 14.8 Å². The maximum atomic E-state index is 13.4. The topological polar surface area (TPSA) is 66.5 Å². The van der Waals surface area contributed by atoms with E-state index in [2.05, 4.69) is 11.4 Å². The van der Waals surface area contributed by atoms with Crippen LogP contribution in [0.1, 0.15) is 41.6 Å². The van der Waals surface area contributed by atoms with E-state index in [9.17, 15) is 13.2 Å². The Kier molecular flexibility index (Phi) is 7.36. The van der Waals surface area contributed by atoms with E-state index in [4.69, 9.17) is 0 Å². The maximum Gasteiger partial charge on any atom is 0.264 e. The summed E-state index contributed by atoms with van der Waals surface area (Å²) in [4.78, 5) is 13.2. The van der Waals surface area contributed by atoms with Crippen molar-refractivity contribution in [3.8, 4) is 0 Å². The van der Waals surface area contributed by atoms with Gasteiger partial charge >= 0.3 is 0 Å². The summed E-state index contributed by atoms with van der Waals surface area (Å²) in [6.07, 6.45) is 0.700. The third-order valence-electron chi connectivity index (χ3n) is 5.48. The quantitative estimate of drug-likeness (QED) is 0.521. The zero-order chi connectivity index (χ0) is 23.3. The Labute approximate surface area is 191 Å². The molecule has 3 aromatic rings. The average Bonchev–Trinajstić information content (AvgIpc) is 2.77. The molecule has 0 fully saturated rings. The maximum absolute atomic E-state index is 13.4. The van der Waals surface area contributed by atoms with E-state index in [-0.39, 0.29) is 23.4 Å². The van der Waals surface area contributed by atoms with Gasteiger partial charge in [0.25, 0.3) is 10.0 Å². The zero-order valence-electron chi connectivity index (χ0n) is 19.0. The number of nitrogens with zero attached hydrogens (tertiary/aromatic N) is 1. The molecule has 3 aromatic carbocycles. The lowest BCUT2D eigenvalue weighted by molar-refractivity contribution is -0.120. The van der Waals surface area contributed by atoms with Crippen LogP contribution >= 0.6 is 0 Å². The molecule has 0 bridgehead atoms. The van der Waals surface area contributed by atoms with Crippen molar-refractivity contribution in [2.45, 2.75) is 45.1 Å². The van der Waals surface area contributed by atoms with Gasteiger partial charge in [-0.3, -0.25) is 9.10 Å². The number of carbonyl (C=O) groups is 1. The molecule has 1 amide bonds. The van der Waals surface area contributed by atoms with Gasteiger partial charge in [0.1, 0.15) is 6.54 Å². The normalized spacial score (nSPS) is 12.2. The van der Waals surface area contributed by atoms with Gasteiger partial charge in [-0.15, -0.1) is 0 Å². The van der Waals surface area contributed by atoms with Crippen molar-refractivity contribution in [3.05, 3.63) is 95.1 Å². The number of benzene rings is 3. The van der Waals surface area contributed by atoms with Crippen molar-refractivity contribution >= 4 is 21.6 Å². The van der Waals surface area contributed by atoms with Crippen molar-refractivity contribution < 1.29 is 13.2 Å². The van der Waals surface area contributed by atoms with Gasteiger partial charge in [0.05, 0.1) is 16.6 Å². The minimum Gasteiger partial charge on any atom is -0.348 e. The first-order valence-electron chi connectivity index (χ1n) is 10.7. The Morgan fingerprint density at radius 3 is 2.12 bits per heavy atom. The van der Waals surface area contributed by atoms with Crippen LogP contribution < -0.4 is 9.62 Å². The van der Waals surface area contributed by atoms with Crippen molar-refractivity contribution in [2.24, 2.45) is 0 Å². The molecule has 0 saturated carbocycles. The second-order valence-electron chi connectivity index (χ2n) is 8.05. The molecule has 0 aliphatic heterocycles. The lowest BCUT2D eigenvalue weighted by Gasteiger charge is -2.26. The van der Waals surface area contributed by atoms with Crippen molar-refractivity contribution in [2.75, 3.05) is 10.8 Å². The molecule has 6 heteroatoms. The number of aryl methyl sites for hydroxylation is 3. The van der Waals surface area contributed by atoms with Gasteiger partial charge in [0.15, 0.2) is 0 Å². The molecule has 0 radical (unpaired) electrons. The molecule has 3 rings (SSSR count). The summed E-state index contributed by atoms with van der Waals surface area (Å²) in [5.41, 5.74) is 4.76. The molecule has 168 valence electrons. The van der Waals surface area contributed by atoms with Gasteiger partial charge in [0.2, 0.25) is 5.91 Å². The van der Waals surface area contributed by atoms with Gasteiger partial charge < -0.3 is 5.32 Å². The summed E-state index contributed by atoms with van der Waals surface area (Å²) in [5, 5.41) is 3.03. The van der Waals surface area contributed by atoms with E-state index in [1.54, 1.807) is 42.5 Å². The summed E-state index contributed by atoms with van der Waals surface area (Å²) in [6.45, 7) is 7.69. The first kappa shape index (κ1) is 23.5. The summed E-state index contributed by atoms with van der Waals surface area (Å²) in [6, 6.07) is 21.3. The van der Waals surface area contributed by atoms with Crippen LogP contribution in [0, 0.1) is 20.8 Å². The number of hydrogen-bond acceptors (Lipinski definition) is 3. The van der Waals surface area contributed by atoms with Gasteiger partial charge in [-0.2, -0.15) is 0 Å². The van der Waals surface area contributed by atoms with E-state index >= 15 is 0 Å². The fourth-order valence-corrected chi connectivity index (χ4v) is 5.17. The SMILES string of the molecule is CCC(NC(=O)CN(c1ccc(C)cc1)S(=O)(=O)c1ccccc1)c1ccc(C)cc1C. The summed E-state index contributed by atoms with van der Waals surface area (Å²) in [7, 11) is -3.91. The fraction of sp³-hybridized carbons (Fsp3) is 0.269. The molecular weight excluding hydrogens is 420 g/mol. The van der Waals surface area contributed by atoms with Gasteiger partial charge in [0, 0.05) is 0 Å². The second-order valence-corrected chi connectivity index (χ2v) is 9.91. The number of anilines is 1. The lowest BCUT2D eigenvalue weighted by atomic mass is 9.97. The number of hydrogen-bond donors (Lipinski definition) is 1. The van der Waals surface area contributed by atoms with E-state index in [1.165, 1.54) is 4.31 Å². The molecule has 0 aromatic heterocycles. The standard InChI is InChI=1S/C26H30N2O3S/c1-5-25(24-16-13-20(3)17-21(24)4)27-26(29)18-28(22-14-11-19(2)12-15-22)32(30,31)23-9-7-6-8-10-23/h6-17,25H,5,18H2,1-4H3,(H,27,29). The monoisotopic (exact) mass is 450 g/mol. The summed E-state index contributed by atoms with van der Waals surface area (Å²) < 4.78 is 28.0. The molecule has 0 spiro atoms. The smallest absolute Gasteiger partial charge is 0.264 e. The molecule has 32 heavy (non-hydrogen) atoms. The van der Waals surface area contributed by atoms with Gasteiger partial charge in [-0.05, 0) is 62.6 Å². The molecule has 5 nitrogen and oxygen atoms in total. The first-order valence-corrected chi connectivity index (χ1v) is 12.2. The number of sulfonamides is 1.